The van der Waals surface area contributed by atoms with Crippen molar-refractivity contribution in [2.45, 2.75) is 13.5 Å². The van der Waals surface area contributed by atoms with E-state index in [9.17, 15) is 4.79 Å². The Bertz CT molecular complexity index is 529. The summed E-state index contributed by atoms with van der Waals surface area (Å²) in [7, 11) is 1.80. The van der Waals surface area contributed by atoms with Crippen molar-refractivity contribution in [3.8, 4) is 0 Å². The molecule has 0 amide bonds. The summed E-state index contributed by atoms with van der Waals surface area (Å²) in [6.07, 6.45) is 4.00. The number of aldehydes is 1. The molecule has 0 saturated carbocycles. The molecule has 0 unspecified atom stereocenters. The lowest BCUT2D eigenvalue weighted by Crippen LogP contribution is -1.98. The summed E-state index contributed by atoms with van der Waals surface area (Å²) in [5.74, 6) is 0. The van der Waals surface area contributed by atoms with Crippen LogP contribution in [0.1, 0.15) is 21.7 Å². The first-order chi connectivity index (χ1) is 7.61. The molecule has 0 spiro atoms. The minimum atomic E-state index is 0.415. The van der Waals surface area contributed by atoms with E-state index in [1.54, 1.807) is 28.8 Å². The monoisotopic (exact) mass is 238 g/mol. The molecule has 0 N–H and O–H groups in total. The molecule has 0 aromatic carbocycles. The van der Waals surface area contributed by atoms with Gasteiger partial charge in [-0.3, -0.25) is 9.48 Å². The highest BCUT2D eigenvalue weighted by Crippen LogP contribution is 2.19. The number of imidazole rings is 1. The van der Waals surface area contributed by atoms with Crippen LogP contribution in [0.2, 0.25) is 5.15 Å². The molecule has 0 aliphatic rings. The third-order valence-electron chi connectivity index (χ3n) is 2.38. The number of aryl methyl sites for hydroxylation is 2. The minimum Gasteiger partial charge on any atom is -0.332 e. The first-order valence-corrected chi connectivity index (χ1v) is 5.14. The van der Waals surface area contributed by atoms with Crippen molar-refractivity contribution in [1.29, 1.82) is 0 Å². The van der Waals surface area contributed by atoms with Crippen molar-refractivity contribution in [2.75, 3.05) is 0 Å². The molecule has 0 bridgehead atoms. The molecule has 0 fully saturated rings. The Hall–Kier alpha value is -1.62. The van der Waals surface area contributed by atoms with E-state index in [1.165, 1.54) is 0 Å². The van der Waals surface area contributed by atoms with Gasteiger partial charge in [0.2, 0.25) is 0 Å². The smallest absolute Gasteiger partial charge is 0.169 e. The number of aromatic nitrogens is 4. The van der Waals surface area contributed by atoms with Gasteiger partial charge >= 0.3 is 0 Å². The zero-order chi connectivity index (χ0) is 11.7. The van der Waals surface area contributed by atoms with Crippen molar-refractivity contribution in [3.63, 3.8) is 0 Å². The summed E-state index contributed by atoms with van der Waals surface area (Å²) in [5, 5.41) is 4.83. The van der Waals surface area contributed by atoms with E-state index in [1.807, 2.05) is 6.92 Å². The Labute approximate surface area is 97.7 Å². The van der Waals surface area contributed by atoms with Crippen LogP contribution in [0, 0.1) is 6.92 Å². The van der Waals surface area contributed by atoms with E-state index in [-0.39, 0.29) is 0 Å². The largest absolute Gasteiger partial charge is 0.332 e. The number of nitrogens with zero attached hydrogens (tertiary/aromatic N) is 4. The highest BCUT2D eigenvalue weighted by Gasteiger charge is 2.11. The second-order valence-electron chi connectivity index (χ2n) is 3.57. The molecule has 5 nitrogen and oxygen atoms in total. The Kier molecular flexibility index (Phi) is 2.78. The predicted molar refractivity (Wildman–Crippen MR) is 59.7 cm³/mol. The fourth-order valence-corrected chi connectivity index (χ4v) is 1.80. The maximum absolute atomic E-state index is 10.5. The standard InChI is InChI=1S/C10H11ClN4O/c1-7-9(10(11)14(2)13-7)4-15-3-8(5-16)12-6-15/h3,5-6H,4H2,1-2H3. The molecule has 0 aliphatic heterocycles. The second-order valence-corrected chi connectivity index (χ2v) is 3.93. The molecule has 2 heterocycles. The molecule has 0 radical (unpaired) electrons. The zero-order valence-corrected chi connectivity index (χ0v) is 9.77. The van der Waals surface area contributed by atoms with Gasteiger partial charge in [-0.05, 0) is 6.92 Å². The van der Waals surface area contributed by atoms with E-state index in [4.69, 9.17) is 11.6 Å². The van der Waals surface area contributed by atoms with Crippen molar-refractivity contribution in [1.82, 2.24) is 19.3 Å². The van der Waals surface area contributed by atoms with Crippen LogP contribution in [-0.2, 0) is 13.6 Å². The quantitative estimate of drug-likeness (QED) is 0.761. The van der Waals surface area contributed by atoms with E-state index in [2.05, 4.69) is 10.1 Å². The molecule has 0 aliphatic carbocycles. The first-order valence-electron chi connectivity index (χ1n) is 4.76. The van der Waals surface area contributed by atoms with Gasteiger partial charge in [-0.15, -0.1) is 0 Å². The van der Waals surface area contributed by atoms with E-state index < -0.39 is 0 Å². The summed E-state index contributed by atoms with van der Waals surface area (Å²) >= 11 is 6.10. The molecular formula is C10H11ClN4O. The van der Waals surface area contributed by atoms with Crippen molar-refractivity contribution >= 4 is 17.9 Å². The molecule has 0 saturated heterocycles. The molecular weight excluding hydrogens is 228 g/mol. The van der Waals surface area contributed by atoms with Crippen LogP contribution in [0.25, 0.3) is 0 Å². The normalized spacial score (nSPS) is 10.7. The molecule has 2 aromatic rings. The zero-order valence-electron chi connectivity index (χ0n) is 9.01. The summed E-state index contributed by atoms with van der Waals surface area (Å²) in [6, 6.07) is 0. The maximum Gasteiger partial charge on any atom is 0.169 e. The van der Waals surface area contributed by atoms with Gasteiger partial charge in [0.25, 0.3) is 0 Å². The number of rotatable bonds is 3. The SMILES string of the molecule is Cc1nn(C)c(Cl)c1Cn1cnc(C=O)c1. The summed E-state index contributed by atoms with van der Waals surface area (Å²) in [6.45, 7) is 2.47. The predicted octanol–water partition coefficient (Wildman–Crippen LogP) is 1.44. The van der Waals surface area contributed by atoms with Gasteiger partial charge in [0.15, 0.2) is 6.29 Å². The average molecular weight is 239 g/mol. The van der Waals surface area contributed by atoms with Crippen molar-refractivity contribution < 1.29 is 4.79 Å². The third kappa shape index (κ3) is 1.86. The Morgan fingerprint density at radius 3 is 2.81 bits per heavy atom. The fourth-order valence-electron chi connectivity index (χ4n) is 1.56. The molecule has 84 valence electrons. The summed E-state index contributed by atoms with van der Waals surface area (Å²) in [4.78, 5) is 14.4. The number of halogens is 1. The van der Waals surface area contributed by atoms with Gasteiger partial charge in [0.1, 0.15) is 10.8 Å². The van der Waals surface area contributed by atoms with E-state index >= 15 is 0 Å². The van der Waals surface area contributed by atoms with Crippen molar-refractivity contribution in [2.24, 2.45) is 7.05 Å². The molecule has 2 aromatic heterocycles. The topological polar surface area (TPSA) is 52.7 Å². The van der Waals surface area contributed by atoms with Crippen LogP contribution in [0.5, 0.6) is 0 Å². The van der Waals surface area contributed by atoms with Crippen LogP contribution in [0.3, 0.4) is 0 Å². The van der Waals surface area contributed by atoms with Gasteiger partial charge in [-0.25, -0.2) is 4.98 Å². The Balaban J connectivity index is 2.29. The highest BCUT2D eigenvalue weighted by atomic mass is 35.5. The maximum atomic E-state index is 10.5. The molecule has 2 rings (SSSR count). The third-order valence-corrected chi connectivity index (χ3v) is 2.86. The van der Waals surface area contributed by atoms with Gasteiger partial charge in [-0.1, -0.05) is 11.6 Å². The van der Waals surface area contributed by atoms with Gasteiger partial charge in [0, 0.05) is 18.8 Å². The van der Waals surface area contributed by atoms with Crippen LogP contribution in [0.4, 0.5) is 0 Å². The number of carbonyl (C=O) groups excluding carboxylic acids is 1. The number of hydrogen-bond donors (Lipinski definition) is 0. The average Bonchev–Trinajstić information content (AvgIpc) is 2.80. The van der Waals surface area contributed by atoms with Crippen LogP contribution >= 0.6 is 11.6 Å². The van der Waals surface area contributed by atoms with E-state index in [0.29, 0.717) is 23.7 Å². The Morgan fingerprint density at radius 1 is 1.56 bits per heavy atom. The first kappa shape index (κ1) is 10.9. The Morgan fingerprint density at radius 2 is 2.31 bits per heavy atom. The van der Waals surface area contributed by atoms with Crippen LogP contribution in [0.15, 0.2) is 12.5 Å². The highest BCUT2D eigenvalue weighted by molar-refractivity contribution is 6.30. The molecule has 0 atom stereocenters. The minimum absolute atomic E-state index is 0.415. The van der Waals surface area contributed by atoms with Crippen molar-refractivity contribution in [3.05, 3.63) is 34.6 Å². The summed E-state index contributed by atoms with van der Waals surface area (Å²) in [5.41, 5.74) is 2.24. The van der Waals surface area contributed by atoms with Gasteiger partial charge < -0.3 is 4.57 Å². The summed E-state index contributed by atoms with van der Waals surface area (Å²) < 4.78 is 3.43. The van der Waals surface area contributed by atoms with Gasteiger partial charge in [-0.2, -0.15) is 5.10 Å². The lowest BCUT2D eigenvalue weighted by atomic mass is 10.2. The number of hydrogen-bond acceptors (Lipinski definition) is 3. The lowest BCUT2D eigenvalue weighted by molar-refractivity contribution is 0.111. The van der Waals surface area contributed by atoms with Crippen LogP contribution < -0.4 is 0 Å². The second kappa shape index (κ2) is 4.09. The number of carbonyl (C=O) groups is 1. The lowest BCUT2D eigenvalue weighted by Gasteiger charge is -2.01. The van der Waals surface area contributed by atoms with Crippen LogP contribution in [-0.4, -0.2) is 25.6 Å². The molecule has 6 heteroatoms. The van der Waals surface area contributed by atoms with Gasteiger partial charge in [0.05, 0.1) is 18.6 Å². The fraction of sp³-hybridized carbons (Fsp3) is 0.300. The molecule has 16 heavy (non-hydrogen) atoms. The van der Waals surface area contributed by atoms with E-state index in [0.717, 1.165) is 11.3 Å².